The molecule has 1 saturated heterocycles. The maximum atomic E-state index is 12.8. The molecule has 0 radical (unpaired) electrons. The number of hydrogen-bond acceptors (Lipinski definition) is 6. The Kier molecular flexibility index (Phi) is 4.43. The largest absolute Gasteiger partial charge is 0.457 e. The van der Waals surface area contributed by atoms with Gasteiger partial charge in [0.2, 0.25) is 0 Å². The molecule has 3 rings (SSSR count). The van der Waals surface area contributed by atoms with Gasteiger partial charge >= 0.3 is 11.9 Å². The maximum absolute atomic E-state index is 12.8. The van der Waals surface area contributed by atoms with Gasteiger partial charge in [-0.15, -0.1) is 0 Å². The molecule has 6 heteroatoms. The molecule has 1 saturated carbocycles. The summed E-state index contributed by atoms with van der Waals surface area (Å²) in [5.41, 5.74) is -0.685. The van der Waals surface area contributed by atoms with Gasteiger partial charge in [-0.3, -0.25) is 4.79 Å². The number of fused-ring (bicyclic) bond motifs is 3. The Morgan fingerprint density at radius 1 is 1.42 bits per heavy atom. The van der Waals surface area contributed by atoms with Crippen molar-refractivity contribution in [3.8, 4) is 0 Å². The Balaban J connectivity index is 2.15. The number of carbonyl (C=O) groups is 3. The minimum absolute atomic E-state index is 0.0263. The van der Waals surface area contributed by atoms with Crippen molar-refractivity contribution >= 4 is 17.7 Å². The molecule has 0 unspecified atom stereocenters. The second-order valence-electron chi connectivity index (χ2n) is 7.60. The van der Waals surface area contributed by atoms with E-state index in [2.05, 4.69) is 6.58 Å². The van der Waals surface area contributed by atoms with Gasteiger partial charge in [-0.25, -0.2) is 9.59 Å². The van der Waals surface area contributed by atoms with Gasteiger partial charge in [0.05, 0.1) is 11.3 Å². The summed E-state index contributed by atoms with van der Waals surface area (Å²) in [5.74, 6) is -2.93. The first-order chi connectivity index (χ1) is 12.1. The first-order valence-electron chi connectivity index (χ1n) is 8.79. The fraction of sp³-hybridized carbons (Fsp3) is 0.550. The second-order valence-corrected chi connectivity index (χ2v) is 7.60. The third-order valence-electron chi connectivity index (χ3n) is 6.28. The minimum atomic E-state index is -1.10. The Hall–Kier alpha value is -2.21. The third kappa shape index (κ3) is 2.39. The fourth-order valence-corrected chi connectivity index (χ4v) is 4.48. The van der Waals surface area contributed by atoms with Crippen LogP contribution in [-0.2, 0) is 23.9 Å². The predicted octanol–water partition coefficient (Wildman–Crippen LogP) is 1.73. The zero-order valence-corrected chi connectivity index (χ0v) is 15.4. The summed E-state index contributed by atoms with van der Waals surface area (Å²) in [6.45, 7) is 10.6. The summed E-state index contributed by atoms with van der Waals surface area (Å²) in [6, 6.07) is 0. The third-order valence-corrected chi connectivity index (χ3v) is 6.28. The lowest BCUT2D eigenvalue weighted by Crippen LogP contribution is -2.53. The van der Waals surface area contributed by atoms with Crippen molar-refractivity contribution in [1.29, 1.82) is 0 Å². The van der Waals surface area contributed by atoms with Crippen LogP contribution in [0.4, 0.5) is 0 Å². The van der Waals surface area contributed by atoms with Gasteiger partial charge in [-0.2, -0.15) is 0 Å². The summed E-state index contributed by atoms with van der Waals surface area (Å²) in [7, 11) is 0. The molecule has 1 N–H and O–H groups in total. The van der Waals surface area contributed by atoms with E-state index in [1.807, 2.05) is 6.92 Å². The number of aliphatic hydroxyl groups is 1. The molecular weight excluding hydrogens is 336 g/mol. The quantitative estimate of drug-likeness (QED) is 0.596. The van der Waals surface area contributed by atoms with Crippen LogP contribution >= 0.6 is 0 Å². The minimum Gasteiger partial charge on any atom is -0.457 e. The highest BCUT2D eigenvalue weighted by molar-refractivity contribution is 5.99. The molecule has 1 heterocycles. The number of aliphatic hydroxyl groups excluding tert-OH is 1. The number of ketones is 1. The van der Waals surface area contributed by atoms with Crippen LogP contribution < -0.4 is 0 Å². The lowest BCUT2D eigenvalue weighted by molar-refractivity contribution is -0.176. The van der Waals surface area contributed by atoms with Crippen molar-refractivity contribution in [2.24, 2.45) is 23.2 Å². The van der Waals surface area contributed by atoms with Crippen LogP contribution in [0.15, 0.2) is 36.0 Å². The monoisotopic (exact) mass is 360 g/mol. The topological polar surface area (TPSA) is 89.9 Å². The van der Waals surface area contributed by atoms with E-state index in [0.717, 1.165) is 0 Å². The van der Waals surface area contributed by atoms with Gasteiger partial charge in [0, 0.05) is 17.1 Å². The molecular formula is C20H24O6. The molecule has 2 fully saturated rings. The van der Waals surface area contributed by atoms with E-state index < -0.39 is 41.6 Å². The van der Waals surface area contributed by atoms with Crippen LogP contribution in [0.3, 0.4) is 0 Å². The number of esters is 2. The SMILES string of the molecule is C=C1C(=O)O[C@@H]2[C@@H](C)[C@@H]3C=CC(=O)[C@@]3(C)[C@@H](OC(=O)/C(C)=C/C)[C@H]1[C@@H]2O. The normalized spacial score (nSPS) is 42.2. The lowest BCUT2D eigenvalue weighted by atomic mass is 9.67. The van der Waals surface area contributed by atoms with Gasteiger partial charge in [0.1, 0.15) is 18.3 Å². The molecule has 0 aromatic heterocycles. The van der Waals surface area contributed by atoms with E-state index in [9.17, 15) is 19.5 Å². The van der Waals surface area contributed by atoms with Crippen molar-refractivity contribution in [3.63, 3.8) is 0 Å². The lowest BCUT2D eigenvalue weighted by Gasteiger charge is -2.41. The first kappa shape index (κ1) is 18.6. The van der Waals surface area contributed by atoms with Crippen molar-refractivity contribution < 1.29 is 29.0 Å². The van der Waals surface area contributed by atoms with Gasteiger partial charge in [0.15, 0.2) is 5.78 Å². The van der Waals surface area contributed by atoms with Crippen LogP contribution in [-0.4, -0.2) is 41.1 Å². The molecule has 1 aliphatic heterocycles. The molecule has 0 spiro atoms. The van der Waals surface area contributed by atoms with Crippen molar-refractivity contribution in [2.45, 2.75) is 46.0 Å². The Labute approximate surface area is 152 Å². The maximum Gasteiger partial charge on any atom is 0.334 e. The van der Waals surface area contributed by atoms with Crippen molar-refractivity contribution in [1.82, 2.24) is 0 Å². The van der Waals surface area contributed by atoms with E-state index in [1.54, 1.807) is 32.9 Å². The summed E-state index contributed by atoms with van der Waals surface area (Å²) in [6.07, 6.45) is 1.97. The van der Waals surface area contributed by atoms with E-state index in [1.165, 1.54) is 6.08 Å². The highest BCUT2D eigenvalue weighted by Gasteiger charge is 2.64. The first-order valence-corrected chi connectivity index (χ1v) is 8.79. The Morgan fingerprint density at radius 3 is 2.69 bits per heavy atom. The van der Waals surface area contributed by atoms with Gasteiger partial charge < -0.3 is 14.6 Å². The zero-order chi connectivity index (χ0) is 19.4. The van der Waals surface area contributed by atoms with Gasteiger partial charge in [0.25, 0.3) is 0 Å². The van der Waals surface area contributed by atoms with E-state index >= 15 is 0 Å². The number of rotatable bonds is 2. The summed E-state index contributed by atoms with van der Waals surface area (Å²) >= 11 is 0. The molecule has 2 aliphatic carbocycles. The molecule has 26 heavy (non-hydrogen) atoms. The predicted molar refractivity (Wildman–Crippen MR) is 92.7 cm³/mol. The second kappa shape index (κ2) is 6.20. The molecule has 0 amide bonds. The van der Waals surface area contributed by atoms with Crippen LogP contribution in [0.5, 0.6) is 0 Å². The number of allylic oxidation sites excluding steroid dienone is 3. The molecule has 3 aliphatic rings. The smallest absolute Gasteiger partial charge is 0.334 e. The molecule has 6 nitrogen and oxygen atoms in total. The molecule has 7 atom stereocenters. The molecule has 2 bridgehead atoms. The average Bonchev–Trinajstić information content (AvgIpc) is 2.89. The van der Waals surface area contributed by atoms with Crippen LogP contribution in [0.1, 0.15) is 27.7 Å². The Morgan fingerprint density at radius 2 is 2.08 bits per heavy atom. The van der Waals surface area contributed by atoms with Gasteiger partial charge in [-0.05, 0) is 32.8 Å². The number of hydrogen-bond donors (Lipinski definition) is 1. The highest BCUT2D eigenvalue weighted by Crippen LogP contribution is 2.54. The van der Waals surface area contributed by atoms with E-state index in [0.29, 0.717) is 5.57 Å². The summed E-state index contributed by atoms with van der Waals surface area (Å²) in [5, 5.41) is 10.9. The molecule has 0 aromatic carbocycles. The Bertz CT molecular complexity index is 747. The molecule has 140 valence electrons. The summed E-state index contributed by atoms with van der Waals surface area (Å²) in [4.78, 5) is 37.6. The van der Waals surface area contributed by atoms with Crippen molar-refractivity contribution in [3.05, 3.63) is 36.0 Å². The summed E-state index contributed by atoms with van der Waals surface area (Å²) < 4.78 is 11.1. The number of ether oxygens (including phenoxy) is 2. The highest BCUT2D eigenvalue weighted by atomic mass is 16.6. The van der Waals surface area contributed by atoms with Crippen LogP contribution in [0, 0.1) is 23.2 Å². The fourth-order valence-electron chi connectivity index (χ4n) is 4.48. The van der Waals surface area contributed by atoms with E-state index in [4.69, 9.17) is 9.47 Å². The van der Waals surface area contributed by atoms with Gasteiger partial charge in [-0.1, -0.05) is 25.7 Å². The average molecular weight is 360 g/mol. The van der Waals surface area contributed by atoms with E-state index in [-0.39, 0.29) is 23.2 Å². The van der Waals surface area contributed by atoms with Crippen LogP contribution in [0.25, 0.3) is 0 Å². The standard InChI is InChI=1S/C20H24O6/c1-6-9(2)18(23)26-17-14-11(4)19(24)25-16(15(14)22)10(3)12-7-8-13(21)20(12,17)5/h6-8,10,12,14-17,22H,4H2,1-3,5H3/b9-6+/t10-,12-,14+,15-,16+,17-,20-/m0/s1. The zero-order valence-electron chi connectivity index (χ0n) is 15.4. The van der Waals surface area contributed by atoms with Crippen LogP contribution in [0.2, 0.25) is 0 Å². The van der Waals surface area contributed by atoms with Crippen molar-refractivity contribution in [2.75, 3.05) is 0 Å². The molecule has 0 aromatic rings. The number of carbonyl (C=O) groups excluding carboxylic acids is 3.